The fourth-order valence-electron chi connectivity index (χ4n) is 1.55. The van der Waals surface area contributed by atoms with Gasteiger partial charge in [0.25, 0.3) is 0 Å². The van der Waals surface area contributed by atoms with Gasteiger partial charge in [-0.15, -0.1) is 0 Å². The number of rotatable bonds is 0. The molecule has 0 bridgehead atoms. The van der Waals surface area contributed by atoms with E-state index in [0.29, 0.717) is 0 Å². The minimum absolute atomic E-state index is 0. The van der Waals surface area contributed by atoms with Gasteiger partial charge in [0.15, 0.2) is 0 Å². The Morgan fingerprint density at radius 3 is 2.30 bits per heavy atom. The van der Waals surface area contributed by atoms with Crippen LogP contribution in [0.15, 0.2) is 0 Å². The van der Waals surface area contributed by atoms with E-state index >= 15 is 0 Å². The fourth-order valence-corrected chi connectivity index (χ4v) is 1.55. The molecule has 56 valence electrons. The molecule has 0 heterocycles. The van der Waals surface area contributed by atoms with Crippen LogP contribution in [0.2, 0.25) is 0 Å². The molecule has 0 aromatic rings. The molecule has 0 N–H and O–H groups in total. The summed E-state index contributed by atoms with van der Waals surface area (Å²) in [5, 5.41) is 0. The molecule has 1 aliphatic carbocycles. The summed E-state index contributed by atoms with van der Waals surface area (Å²) >= 11 is 0. The standard InChI is InChI=1S/C8H15.HI.Mg/c1-7-4-3-5-8(2)6-7;;/h7H,3-6H2,1-2H3;1H;/q-1;;+2/p-1. The predicted molar refractivity (Wildman–Crippen MR) is 42.3 cm³/mol. The van der Waals surface area contributed by atoms with Crippen molar-refractivity contribution >= 4 is 23.1 Å². The van der Waals surface area contributed by atoms with E-state index in [1.807, 2.05) is 0 Å². The van der Waals surface area contributed by atoms with E-state index in [4.69, 9.17) is 0 Å². The van der Waals surface area contributed by atoms with Crippen LogP contribution in [0, 0.1) is 11.8 Å². The zero-order chi connectivity index (χ0) is 5.98. The first-order chi connectivity index (χ1) is 3.79. The van der Waals surface area contributed by atoms with Crippen LogP contribution in [-0.2, 0) is 0 Å². The van der Waals surface area contributed by atoms with E-state index < -0.39 is 0 Å². The quantitative estimate of drug-likeness (QED) is 0.311. The Morgan fingerprint density at radius 2 is 2.00 bits per heavy atom. The van der Waals surface area contributed by atoms with Crippen LogP contribution in [0.3, 0.4) is 0 Å². The predicted octanol–water partition coefficient (Wildman–Crippen LogP) is -0.586. The van der Waals surface area contributed by atoms with Gasteiger partial charge >= 0.3 is 23.1 Å². The fraction of sp³-hybridized carbons (Fsp3) is 0.875. The van der Waals surface area contributed by atoms with Crippen molar-refractivity contribution < 1.29 is 24.0 Å². The Kier molecular flexibility index (Phi) is 10.1. The monoisotopic (exact) mass is 262 g/mol. The third kappa shape index (κ3) is 5.19. The minimum Gasteiger partial charge on any atom is -1.00 e. The van der Waals surface area contributed by atoms with Gasteiger partial charge in [-0.05, 0) is 0 Å². The Balaban J connectivity index is 0. The summed E-state index contributed by atoms with van der Waals surface area (Å²) in [6, 6.07) is 0. The first-order valence-electron chi connectivity index (χ1n) is 3.60. The zero-order valence-electron chi connectivity index (χ0n) is 6.99. The number of halogens is 1. The topological polar surface area (TPSA) is 0 Å². The van der Waals surface area contributed by atoms with Crippen LogP contribution in [-0.4, -0.2) is 23.1 Å². The average molecular weight is 262 g/mol. The first-order valence-corrected chi connectivity index (χ1v) is 3.60. The summed E-state index contributed by atoms with van der Waals surface area (Å²) in [6.07, 6.45) is 5.68. The smallest absolute Gasteiger partial charge is 1.00 e. The molecule has 1 atom stereocenters. The Hall–Kier alpha value is 1.50. The molecule has 1 saturated carbocycles. The van der Waals surface area contributed by atoms with Gasteiger partial charge in [-0.2, -0.15) is 19.8 Å². The second kappa shape index (κ2) is 7.16. The summed E-state index contributed by atoms with van der Waals surface area (Å²) in [5.74, 6) is 2.69. The molecule has 0 aromatic heterocycles. The second-order valence-corrected chi connectivity index (χ2v) is 3.16. The molecule has 1 aliphatic rings. The van der Waals surface area contributed by atoms with Crippen molar-refractivity contribution in [1.82, 2.24) is 0 Å². The van der Waals surface area contributed by atoms with Crippen LogP contribution in [0.5, 0.6) is 0 Å². The van der Waals surface area contributed by atoms with E-state index in [-0.39, 0.29) is 47.0 Å². The van der Waals surface area contributed by atoms with Crippen LogP contribution < -0.4 is 24.0 Å². The maximum absolute atomic E-state index is 2.35. The van der Waals surface area contributed by atoms with Gasteiger partial charge in [-0.3, -0.25) is 0 Å². The average Bonchev–Trinajstić information content (AvgIpc) is 1.64. The van der Waals surface area contributed by atoms with Crippen LogP contribution >= 0.6 is 0 Å². The summed E-state index contributed by atoms with van der Waals surface area (Å²) in [4.78, 5) is 0. The molecule has 0 amide bonds. The number of hydrogen-bond acceptors (Lipinski definition) is 0. The van der Waals surface area contributed by atoms with E-state index in [9.17, 15) is 0 Å². The normalized spacial score (nSPS) is 26.4. The Bertz CT molecular complexity index is 67.7. The molecule has 10 heavy (non-hydrogen) atoms. The molecule has 2 heteroatoms. The molecule has 0 spiro atoms. The molecular formula is C8H15IMg. The van der Waals surface area contributed by atoms with Crippen molar-refractivity contribution in [2.45, 2.75) is 39.5 Å². The summed E-state index contributed by atoms with van der Waals surface area (Å²) < 4.78 is 0. The van der Waals surface area contributed by atoms with E-state index in [0.717, 1.165) is 5.92 Å². The van der Waals surface area contributed by atoms with Gasteiger partial charge in [-0.25, -0.2) is 0 Å². The molecule has 1 unspecified atom stereocenters. The van der Waals surface area contributed by atoms with Gasteiger partial charge in [0, 0.05) is 0 Å². The van der Waals surface area contributed by atoms with Gasteiger partial charge in [0.1, 0.15) is 0 Å². The minimum atomic E-state index is 0. The first kappa shape index (κ1) is 14.0. The number of hydrogen-bond donors (Lipinski definition) is 0. The molecule has 0 aliphatic heterocycles. The summed E-state index contributed by atoms with van der Waals surface area (Å²) in [5.41, 5.74) is 0. The van der Waals surface area contributed by atoms with Crippen molar-refractivity contribution in [3.8, 4) is 0 Å². The van der Waals surface area contributed by atoms with Crippen LogP contribution in [0.25, 0.3) is 0 Å². The third-order valence-electron chi connectivity index (χ3n) is 2.00. The largest absolute Gasteiger partial charge is 2.00 e. The SMILES string of the molecule is C[C-]1CCCC(C)C1.[I-].[Mg+2]. The van der Waals surface area contributed by atoms with Crippen LogP contribution in [0.1, 0.15) is 39.5 Å². The molecule has 1 fully saturated rings. The summed E-state index contributed by atoms with van der Waals surface area (Å²) in [6.45, 7) is 4.64. The van der Waals surface area contributed by atoms with Gasteiger partial charge in [0.05, 0.1) is 0 Å². The van der Waals surface area contributed by atoms with Crippen molar-refractivity contribution in [3.05, 3.63) is 5.92 Å². The molecule has 1 rings (SSSR count). The molecule has 0 radical (unpaired) electrons. The zero-order valence-corrected chi connectivity index (χ0v) is 10.6. The summed E-state index contributed by atoms with van der Waals surface area (Å²) in [7, 11) is 0. The van der Waals surface area contributed by atoms with Crippen molar-refractivity contribution in [1.29, 1.82) is 0 Å². The van der Waals surface area contributed by atoms with E-state index in [1.54, 1.807) is 5.92 Å². The molecular weight excluding hydrogens is 247 g/mol. The molecule has 0 nitrogen and oxygen atoms in total. The maximum Gasteiger partial charge on any atom is 2.00 e. The third-order valence-corrected chi connectivity index (χ3v) is 2.00. The van der Waals surface area contributed by atoms with Crippen molar-refractivity contribution in [2.75, 3.05) is 0 Å². The van der Waals surface area contributed by atoms with Gasteiger partial charge in [-0.1, -0.05) is 25.7 Å². The van der Waals surface area contributed by atoms with Crippen molar-refractivity contribution in [2.24, 2.45) is 5.92 Å². The van der Waals surface area contributed by atoms with Crippen molar-refractivity contribution in [3.63, 3.8) is 0 Å². The van der Waals surface area contributed by atoms with Gasteiger partial charge in [0.2, 0.25) is 0 Å². The van der Waals surface area contributed by atoms with Gasteiger partial charge < -0.3 is 29.9 Å². The maximum atomic E-state index is 2.35. The Labute approximate surface area is 97.7 Å². The van der Waals surface area contributed by atoms with Crippen LogP contribution in [0.4, 0.5) is 0 Å². The van der Waals surface area contributed by atoms with E-state index in [2.05, 4.69) is 13.8 Å². The second-order valence-electron chi connectivity index (χ2n) is 3.16. The Morgan fingerprint density at radius 1 is 1.40 bits per heavy atom. The van der Waals surface area contributed by atoms with E-state index in [1.165, 1.54) is 25.7 Å². The molecule has 0 aromatic carbocycles. The molecule has 0 saturated heterocycles.